The summed E-state index contributed by atoms with van der Waals surface area (Å²) >= 11 is 0. The summed E-state index contributed by atoms with van der Waals surface area (Å²) in [6.45, 7) is 3.16. The number of hydrogen-bond donors (Lipinski definition) is 0. The molecule has 10 heteroatoms. The van der Waals surface area contributed by atoms with Crippen molar-refractivity contribution in [3.05, 3.63) is 47.7 Å². The number of halogens is 3. The van der Waals surface area contributed by atoms with Crippen LogP contribution in [0, 0.1) is 11.8 Å². The van der Waals surface area contributed by atoms with Gasteiger partial charge in [0.05, 0.1) is 19.1 Å². The number of esters is 1. The first-order valence-electron chi connectivity index (χ1n) is 12.5. The lowest BCUT2D eigenvalue weighted by Gasteiger charge is -2.37. The number of nitrogens with zero attached hydrogens (tertiary/aromatic N) is 3. The number of rotatable bonds is 7. The first kappa shape index (κ1) is 26.2. The van der Waals surface area contributed by atoms with Gasteiger partial charge in [0.25, 0.3) is 0 Å². The minimum absolute atomic E-state index is 0.0747. The zero-order valence-corrected chi connectivity index (χ0v) is 20.4. The van der Waals surface area contributed by atoms with Crippen molar-refractivity contribution in [3.8, 4) is 0 Å². The third kappa shape index (κ3) is 6.08. The lowest BCUT2D eigenvalue weighted by atomic mass is 9.80. The predicted molar refractivity (Wildman–Crippen MR) is 127 cm³/mol. The maximum absolute atomic E-state index is 13.9. The van der Waals surface area contributed by atoms with E-state index in [0.29, 0.717) is 32.6 Å². The van der Waals surface area contributed by atoms with Gasteiger partial charge in [-0.15, -0.1) is 0 Å². The summed E-state index contributed by atoms with van der Waals surface area (Å²) in [5, 5.41) is 4.65. The Bertz CT molecular complexity index is 1030. The number of carbonyl (C=O) groups is 2. The van der Waals surface area contributed by atoms with Crippen LogP contribution in [0.25, 0.3) is 0 Å². The molecular formula is C26H32F3N3O4. The van der Waals surface area contributed by atoms with Crippen LogP contribution in [0.15, 0.2) is 36.5 Å². The second kappa shape index (κ2) is 11.5. The van der Waals surface area contributed by atoms with Gasteiger partial charge in [-0.05, 0) is 51.0 Å². The SMILES string of the molecule is CCOC(=O)c1cn(Cc2ccccc2)nc1N(C(=O)[C@H]1CC[C@H](C(F)(F)F)CC1)C1CCOCC1. The Balaban J connectivity index is 1.66. The molecule has 1 saturated carbocycles. The first-order chi connectivity index (χ1) is 17.3. The van der Waals surface area contributed by atoms with E-state index in [1.807, 2.05) is 30.3 Å². The largest absolute Gasteiger partial charge is 0.462 e. The molecule has 0 bridgehead atoms. The molecule has 1 amide bonds. The molecular weight excluding hydrogens is 475 g/mol. The van der Waals surface area contributed by atoms with Crippen LogP contribution in [-0.4, -0.2) is 53.7 Å². The van der Waals surface area contributed by atoms with E-state index in [-0.39, 0.29) is 55.6 Å². The zero-order valence-electron chi connectivity index (χ0n) is 20.4. The Morgan fingerprint density at radius 2 is 1.75 bits per heavy atom. The summed E-state index contributed by atoms with van der Waals surface area (Å²) < 4.78 is 52.0. The van der Waals surface area contributed by atoms with Crippen molar-refractivity contribution in [2.45, 2.75) is 64.2 Å². The first-order valence-corrected chi connectivity index (χ1v) is 12.5. The lowest BCUT2D eigenvalue weighted by molar-refractivity contribution is -0.184. The van der Waals surface area contributed by atoms with Crippen molar-refractivity contribution in [2.24, 2.45) is 11.8 Å². The molecule has 1 aliphatic heterocycles. The van der Waals surface area contributed by atoms with E-state index in [1.54, 1.807) is 22.7 Å². The summed E-state index contributed by atoms with van der Waals surface area (Å²) in [6, 6.07) is 9.32. The van der Waals surface area contributed by atoms with Crippen LogP contribution in [0.5, 0.6) is 0 Å². The normalized spacial score (nSPS) is 21.2. The van der Waals surface area contributed by atoms with Gasteiger partial charge in [0.15, 0.2) is 5.82 Å². The maximum Gasteiger partial charge on any atom is 0.391 e. The molecule has 0 spiro atoms. The molecule has 2 heterocycles. The number of anilines is 1. The van der Waals surface area contributed by atoms with E-state index in [1.165, 1.54) is 0 Å². The molecule has 1 aromatic heterocycles. The quantitative estimate of drug-likeness (QED) is 0.494. The number of carbonyl (C=O) groups excluding carboxylic acids is 2. The molecule has 36 heavy (non-hydrogen) atoms. The molecule has 196 valence electrons. The van der Waals surface area contributed by atoms with Crippen LogP contribution in [0.2, 0.25) is 0 Å². The minimum Gasteiger partial charge on any atom is -0.462 e. The van der Waals surface area contributed by atoms with Gasteiger partial charge >= 0.3 is 12.1 Å². The fraction of sp³-hybridized carbons (Fsp3) is 0.577. The topological polar surface area (TPSA) is 73.7 Å². The lowest BCUT2D eigenvalue weighted by Crippen LogP contribution is -2.48. The third-order valence-electron chi connectivity index (χ3n) is 6.99. The fourth-order valence-electron chi connectivity index (χ4n) is 5.06. The molecule has 1 aliphatic carbocycles. The molecule has 0 unspecified atom stereocenters. The highest BCUT2D eigenvalue weighted by Crippen LogP contribution is 2.41. The van der Waals surface area contributed by atoms with Crippen LogP contribution < -0.4 is 4.90 Å². The van der Waals surface area contributed by atoms with Crippen molar-refractivity contribution in [2.75, 3.05) is 24.7 Å². The number of ether oxygens (including phenoxy) is 2. The minimum atomic E-state index is -4.25. The Hall–Kier alpha value is -2.88. The molecule has 2 aromatic rings. The predicted octanol–water partition coefficient (Wildman–Crippen LogP) is 4.99. The maximum atomic E-state index is 13.9. The number of benzene rings is 1. The van der Waals surface area contributed by atoms with Crippen LogP contribution >= 0.6 is 0 Å². The average molecular weight is 508 g/mol. The molecule has 1 aromatic carbocycles. The molecule has 4 rings (SSSR count). The fourth-order valence-corrected chi connectivity index (χ4v) is 5.06. The van der Waals surface area contributed by atoms with Crippen LogP contribution in [-0.2, 0) is 20.8 Å². The van der Waals surface area contributed by atoms with E-state index in [9.17, 15) is 22.8 Å². The highest BCUT2D eigenvalue weighted by Gasteiger charge is 2.44. The molecule has 0 radical (unpaired) electrons. The standard InChI is InChI=1S/C26H32F3N3O4/c1-2-36-25(34)22-17-31(16-18-6-4-3-5-7-18)30-23(22)32(21-12-14-35-15-13-21)24(33)19-8-10-20(11-9-19)26(27,28)29/h3-7,17,19-21H,2,8-16H2,1H3/t19-,20-. The van der Waals surface area contributed by atoms with E-state index in [4.69, 9.17) is 9.47 Å². The number of amides is 1. The van der Waals surface area contributed by atoms with E-state index in [0.717, 1.165) is 5.56 Å². The third-order valence-corrected chi connectivity index (χ3v) is 6.99. The summed E-state index contributed by atoms with van der Waals surface area (Å²) in [7, 11) is 0. The molecule has 0 atom stereocenters. The molecule has 1 saturated heterocycles. The van der Waals surface area contributed by atoms with Crippen LogP contribution in [0.3, 0.4) is 0 Å². The van der Waals surface area contributed by atoms with Crippen molar-refractivity contribution in [1.82, 2.24) is 9.78 Å². The number of hydrogen-bond acceptors (Lipinski definition) is 5. The average Bonchev–Trinajstić information content (AvgIpc) is 3.28. The van der Waals surface area contributed by atoms with Crippen molar-refractivity contribution in [1.29, 1.82) is 0 Å². The second-order valence-electron chi connectivity index (χ2n) is 9.41. The summed E-state index contributed by atoms with van der Waals surface area (Å²) in [5.74, 6) is -2.59. The smallest absolute Gasteiger partial charge is 0.391 e. The van der Waals surface area contributed by atoms with Gasteiger partial charge in [-0.3, -0.25) is 14.4 Å². The second-order valence-corrected chi connectivity index (χ2v) is 9.41. The van der Waals surface area contributed by atoms with Gasteiger partial charge in [-0.2, -0.15) is 18.3 Å². The van der Waals surface area contributed by atoms with E-state index in [2.05, 4.69) is 5.10 Å². The number of aromatic nitrogens is 2. The van der Waals surface area contributed by atoms with Crippen LogP contribution in [0.4, 0.5) is 19.0 Å². The van der Waals surface area contributed by atoms with Crippen molar-refractivity contribution >= 4 is 17.7 Å². The van der Waals surface area contributed by atoms with Gasteiger partial charge in [-0.1, -0.05) is 30.3 Å². The van der Waals surface area contributed by atoms with E-state index < -0.39 is 24.0 Å². The highest BCUT2D eigenvalue weighted by molar-refractivity contribution is 6.02. The Kier molecular flexibility index (Phi) is 8.33. The molecule has 2 aliphatic rings. The Morgan fingerprint density at radius 1 is 1.08 bits per heavy atom. The van der Waals surface area contributed by atoms with Gasteiger partial charge in [0.2, 0.25) is 5.91 Å². The van der Waals surface area contributed by atoms with Gasteiger partial charge in [0.1, 0.15) is 5.56 Å². The van der Waals surface area contributed by atoms with Gasteiger partial charge < -0.3 is 9.47 Å². The zero-order chi connectivity index (χ0) is 25.7. The van der Waals surface area contributed by atoms with Gasteiger partial charge in [-0.25, -0.2) is 4.79 Å². The Labute approximate surface area is 208 Å². The van der Waals surface area contributed by atoms with E-state index >= 15 is 0 Å². The van der Waals surface area contributed by atoms with Crippen molar-refractivity contribution in [3.63, 3.8) is 0 Å². The molecule has 0 N–H and O–H groups in total. The highest BCUT2D eigenvalue weighted by atomic mass is 19.4. The summed E-state index contributed by atoms with van der Waals surface area (Å²) in [5.41, 5.74) is 1.15. The van der Waals surface area contributed by atoms with Crippen molar-refractivity contribution < 1.29 is 32.2 Å². The Morgan fingerprint density at radius 3 is 2.36 bits per heavy atom. The summed E-state index contributed by atoms with van der Waals surface area (Å²) in [4.78, 5) is 28.3. The number of alkyl halides is 3. The summed E-state index contributed by atoms with van der Waals surface area (Å²) in [6.07, 6.45) is -1.40. The van der Waals surface area contributed by atoms with Crippen LogP contribution in [0.1, 0.15) is 61.4 Å². The monoisotopic (exact) mass is 507 g/mol. The van der Waals surface area contributed by atoms with Gasteiger partial charge in [0, 0.05) is 31.4 Å². The molecule has 2 fully saturated rings. The molecule has 7 nitrogen and oxygen atoms in total.